The Morgan fingerprint density at radius 2 is 2.27 bits per heavy atom. The molecule has 0 saturated carbocycles. The number of hydrogen-bond donors (Lipinski definition) is 3. The van der Waals surface area contributed by atoms with Gasteiger partial charge in [-0.15, -0.1) is 11.8 Å². The van der Waals surface area contributed by atoms with Gasteiger partial charge < -0.3 is 16.6 Å². The molecule has 0 aliphatic heterocycles. The smallest absolute Gasteiger partial charge is 0.186 e. The third-order valence-electron chi connectivity index (χ3n) is 1.14. The molecular formula is C6H15N3OS. The quantitative estimate of drug-likeness (QED) is 0.398. The minimum atomic E-state index is 0.119. The summed E-state index contributed by atoms with van der Waals surface area (Å²) in [7, 11) is 0. The maximum absolute atomic E-state index is 8.55. The predicted octanol–water partition coefficient (Wildman–Crippen LogP) is -0.279. The lowest BCUT2D eigenvalue weighted by Gasteiger charge is -2.05. The zero-order valence-electron chi connectivity index (χ0n) is 6.66. The normalized spacial score (nSPS) is 12.5. The van der Waals surface area contributed by atoms with Crippen molar-refractivity contribution < 1.29 is 5.11 Å². The summed E-state index contributed by atoms with van der Waals surface area (Å²) in [5.74, 6) is 0.692. The van der Waals surface area contributed by atoms with Gasteiger partial charge in [0.2, 0.25) is 0 Å². The molecule has 0 saturated heterocycles. The van der Waals surface area contributed by atoms with E-state index in [1.807, 2.05) is 6.92 Å². The first kappa shape index (κ1) is 10.6. The summed E-state index contributed by atoms with van der Waals surface area (Å²) in [5.41, 5.74) is 10.2. The SMILES string of the molecule is CC(CCO)SCN=C(N)N. The van der Waals surface area contributed by atoms with Crippen molar-refractivity contribution in [3.8, 4) is 0 Å². The minimum absolute atomic E-state index is 0.119. The van der Waals surface area contributed by atoms with Crippen LogP contribution in [0.3, 0.4) is 0 Å². The third kappa shape index (κ3) is 7.48. The first-order valence-electron chi connectivity index (χ1n) is 3.44. The number of aliphatic hydroxyl groups is 1. The number of rotatable bonds is 5. The van der Waals surface area contributed by atoms with E-state index < -0.39 is 0 Å². The van der Waals surface area contributed by atoms with Crippen LogP contribution in [0.4, 0.5) is 0 Å². The molecule has 11 heavy (non-hydrogen) atoms. The van der Waals surface area contributed by atoms with Gasteiger partial charge >= 0.3 is 0 Å². The fourth-order valence-corrected chi connectivity index (χ4v) is 1.25. The van der Waals surface area contributed by atoms with Crippen molar-refractivity contribution in [2.24, 2.45) is 16.5 Å². The van der Waals surface area contributed by atoms with Gasteiger partial charge in [0.05, 0.1) is 5.88 Å². The van der Waals surface area contributed by atoms with Gasteiger partial charge in [-0.1, -0.05) is 6.92 Å². The largest absolute Gasteiger partial charge is 0.396 e. The average Bonchev–Trinajstić information content (AvgIpc) is 1.87. The Morgan fingerprint density at radius 1 is 1.64 bits per heavy atom. The van der Waals surface area contributed by atoms with Gasteiger partial charge in [-0.25, -0.2) is 4.99 Å². The number of aliphatic imine (C=N–C) groups is 1. The molecule has 0 aliphatic carbocycles. The minimum Gasteiger partial charge on any atom is -0.396 e. The van der Waals surface area contributed by atoms with Crippen LogP contribution in [0, 0.1) is 0 Å². The molecule has 0 radical (unpaired) electrons. The van der Waals surface area contributed by atoms with E-state index in [0.717, 1.165) is 6.42 Å². The molecule has 66 valence electrons. The Hall–Kier alpha value is -0.420. The maximum Gasteiger partial charge on any atom is 0.186 e. The van der Waals surface area contributed by atoms with Crippen LogP contribution in [0.1, 0.15) is 13.3 Å². The van der Waals surface area contributed by atoms with Gasteiger partial charge in [0, 0.05) is 11.9 Å². The van der Waals surface area contributed by atoms with E-state index in [2.05, 4.69) is 4.99 Å². The summed E-state index contributed by atoms with van der Waals surface area (Å²) in [5, 5.41) is 8.95. The molecule has 5 N–H and O–H groups in total. The summed E-state index contributed by atoms with van der Waals surface area (Å²) in [6, 6.07) is 0. The van der Waals surface area contributed by atoms with E-state index in [0.29, 0.717) is 11.1 Å². The summed E-state index contributed by atoms with van der Waals surface area (Å²) < 4.78 is 0. The zero-order chi connectivity index (χ0) is 8.69. The number of guanidine groups is 1. The molecule has 1 atom stereocenters. The van der Waals surface area contributed by atoms with Gasteiger partial charge in [0.25, 0.3) is 0 Å². The van der Waals surface area contributed by atoms with Crippen molar-refractivity contribution in [1.82, 2.24) is 0 Å². The second-order valence-corrected chi connectivity index (χ2v) is 3.60. The van der Waals surface area contributed by atoms with Crippen molar-refractivity contribution in [2.45, 2.75) is 18.6 Å². The molecule has 0 aromatic rings. The van der Waals surface area contributed by atoms with Gasteiger partial charge in [0.15, 0.2) is 5.96 Å². The second-order valence-electron chi connectivity index (χ2n) is 2.20. The first-order chi connectivity index (χ1) is 5.16. The lowest BCUT2D eigenvalue weighted by Crippen LogP contribution is -2.22. The summed E-state index contributed by atoms with van der Waals surface area (Å²) >= 11 is 1.62. The summed E-state index contributed by atoms with van der Waals surface area (Å²) in [6.45, 7) is 2.25. The van der Waals surface area contributed by atoms with Crippen LogP contribution < -0.4 is 11.5 Å². The first-order valence-corrected chi connectivity index (χ1v) is 4.49. The molecule has 0 aromatic heterocycles. The Morgan fingerprint density at radius 3 is 2.73 bits per heavy atom. The summed E-state index contributed by atoms with van der Waals surface area (Å²) in [4.78, 5) is 3.80. The van der Waals surface area contributed by atoms with E-state index >= 15 is 0 Å². The van der Waals surface area contributed by atoms with Crippen LogP contribution >= 0.6 is 11.8 Å². The number of hydrogen-bond acceptors (Lipinski definition) is 3. The van der Waals surface area contributed by atoms with Crippen LogP contribution in [0.2, 0.25) is 0 Å². The van der Waals surface area contributed by atoms with Crippen molar-refractivity contribution >= 4 is 17.7 Å². The van der Waals surface area contributed by atoms with Crippen LogP contribution in [-0.4, -0.2) is 28.8 Å². The lowest BCUT2D eigenvalue weighted by atomic mass is 10.4. The van der Waals surface area contributed by atoms with Crippen LogP contribution in [0.15, 0.2) is 4.99 Å². The Labute approximate surface area is 71.1 Å². The highest BCUT2D eigenvalue weighted by Gasteiger charge is 1.99. The molecule has 0 spiro atoms. The van der Waals surface area contributed by atoms with Crippen LogP contribution in [0.5, 0.6) is 0 Å². The van der Waals surface area contributed by atoms with Crippen molar-refractivity contribution in [1.29, 1.82) is 0 Å². The molecule has 5 heteroatoms. The highest BCUT2D eigenvalue weighted by molar-refractivity contribution is 7.99. The fourth-order valence-electron chi connectivity index (χ4n) is 0.504. The average molecular weight is 177 g/mol. The highest BCUT2D eigenvalue weighted by Crippen LogP contribution is 2.12. The zero-order valence-corrected chi connectivity index (χ0v) is 7.47. The van der Waals surface area contributed by atoms with Gasteiger partial charge in [-0.3, -0.25) is 0 Å². The number of thioether (sulfide) groups is 1. The molecule has 0 amide bonds. The molecular weight excluding hydrogens is 162 g/mol. The highest BCUT2D eigenvalue weighted by atomic mass is 32.2. The standard InChI is InChI=1S/C6H15N3OS/c1-5(2-3-10)11-4-9-6(7)8/h5,10H,2-4H2,1H3,(H4,7,8,9). The molecule has 0 fully saturated rings. The van der Waals surface area contributed by atoms with E-state index in [1.165, 1.54) is 0 Å². The number of aliphatic hydroxyl groups excluding tert-OH is 1. The molecule has 0 aliphatic rings. The van der Waals surface area contributed by atoms with E-state index in [4.69, 9.17) is 16.6 Å². The monoisotopic (exact) mass is 177 g/mol. The third-order valence-corrected chi connectivity index (χ3v) is 2.22. The van der Waals surface area contributed by atoms with Gasteiger partial charge in [0.1, 0.15) is 0 Å². The van der Waals surface area contributed by atoms with Crippen molar-refractivity contribution in [3.63, 3.8) is 0 Å². The summed E-state index contributed by atoms with van der Waals surface area (Å²) in [6.07, 6.45) is 0.782. The second kappa shape index (κ2) is 6.30. The van der Waals surface area contributed by atoms with Crippen molar-refractivity contribution in [3.05, 3.63) is 0 Å². The molecule has 0 rings (SSSR count). The van der Waals surface area contributed by atoms with Crippen LogP contribution in [-0.2, 0) is 0 Å². The Bertz CT molecular complexity index is 125. The van der Waals surface area contributed by atoms with Crippen LogP contribution in [0.25, 0.3) is 0 Å². The molecule has 1 unspecified atom stereocenters. The molecule has 0 aromatic carbocycles. The maximum atomic E-state index is 8.55. The fraction of sp³-hybridized carbons (Fsp3) is 0.833. The van der Waals surface area contributed by atoms with E-state index in [-0.39, 0.29) is 12.6 Å². The lowest BCUT2D eigenvalue weighted by molar-refractivity contribution is 0.289. The molecule has 0 heterocycles. The van der Waals surface area contributed by atoms with Gasteiger partial charge in [-0.05, 0) is 6.42 Å². The van der Waals surface area contributed by atoms with E-state index in [1.54, 1.807) is 11.8 Å². The van der Waals surface area contributed by atoms with E-state index in [9.17, 15) is 0 Å². The topological polar surface area (TPSA) is 84.6 Å². The van der Waals surface area contributed by atoms with Gasteiger partial charge in [-0.2, -0.15) is 0 Å². The number of nitrogens with two attached hydrogens (primary N) is 2. The Kier molecular flexibility index (Phi) is 6.06. The molecule has 4 nitrogen and oxygen atoms in total. The number of nitrogens with zero attached hydrogens (tertiary/aromatic N) is 1. The van der Waals surface area contributed by atoms with Crippen molar-refractivity contribution in [2.75, 3.05) is 12.5 Å². The Balaban J connectivity index is 3.31. The predicted molar refractivity (Wildman–Crippen MR) is 49.4 cm³/mol. The molecule has 0 bridgehead atoms.